The molecule has 3 rings (SSSR count). The molecule has 142 valence electrons. The molecule has 0 bridgehead atoms. The molecule has 0 fully saturated rings. The lowest BCUT2D eigenvalue weighted by Crippen LogP contribution is -2.05. The van der Waals surface area contributed by atoms with Gasteiger partial charge < -0.3 is 10.2 Å². The van der Waals surface area contributed by atoms with Crippen molar-refractivity contribution in [3.63, 3.8) is 0 Å². The van der Waals surface area contributed by atoms with E-state index < -0.39 is 0 Å². The number of pyridine rings is 1. The van der Waals surface area contributed by atoms with Gasteiger partial charge in [0, 0.05) is 0 Å². The number of halogens is 2. The Hall–Kier alpha value is -2.89. The van der Waals surface area contributed by atoms with Crippen molar-refractivity contribution in [2.45, 2.75) is 13.8 Å². The van der Waals surface area contributed by atoms with Crippen LogP contribution in [0.4, 0.5) is 11.4 Å². The van der Waals surface area contributed by atoms with E-state index in [1.165, 1.54) is 12.1 Å². The average Bonchev–Trinajstić information content (AvgIpc) is 2.67. The van der Waals surface area contributed by atoms with E-state index in [0.29, 0.717) is 44.2 Å². The number of hydrogen-bond acceptors (Lipinski definition) is 5. The summed E-state index contributed by atoms with van der Waals surface area (Å²) in [6.45, 7) is 3.56. The third kappa shape index (κ3) is 4.32. The number of benzene rings is 2. The number of aromatic nitrogens is 1. The molecule has 1 aromatic heterocycles. The third-order valence-electron chi connectivity index (χ3n) is 3.98. The van der Waals surface area contributed by atoms with E-state index in [0.717, 1.165) is 0 Å². The fraction of sp³-hybridized carbons (Fsp3) is 0.0952. The van der Waals surface area contributed by atoms with Crippen LogP contribution in [0, 0.1) is 0 Å². The Morgan fingerprint density at radius 3 is 1.50 bits per heavy atom. The van der Waals surface area contributed by atoms with Crippen LogP contribution in [0.1, 0.15) is 25.2 Å². The van der Waals surface area contributed by atoms with Gasteiger partial charge in [0.2, 0.25) is 0 Å². The van der Waals surface area contributed by atoms with Gasteiger partial charge in [0.15, 0.2) is 0 Å². The van der Waals surface area contributed by atoms with Crippen LogP contribution in [-0.4, -0.2) is 26.6 Å². The lowest BCUT2D eigenvalue weighted by molar-refractivity contribution is 0.476. The number of para-hydroxylation sites is 2. The maximum absolute atomic E-state index is 9.98. The van der Waals surface area contributed by atoms with Crippen LogP contribution in [0.25, 0.3) is 0 Å². The molecule has 0 radical (unpaired) electrons. The summed E-state index contributed by atoms with van der Waals surface area (Å²) in [5.74, 6) is -0.00937. The van der Waals surface area contributed by atoms with Crippen molar-refractivity contribution in [2.75, 3.05) is 0 Å². The Labute approximate surface area is 172 Å². The van der Waals surface area contributed by atoms with Crippen LogP contribution in [0.2, 0.25) is 10.0 Å². The van der Waals surface area contributed by atoms with E-state index in [2.05, 4.69) is 15.0 Å². The number of hydrogen-bond donors (Lipinski definition) is 2. The lowest BCUT2D eigenvalue weighted by atomic mass is 10.2. The third-order valence-corrected chi connectivity index (χ3v) is 4.59. The molecule has 0 aliphatic rings. The van der Waals surface area contributed by atoms with Gasteiger partial charge in [-0.3, -0.25) is 0 Å². The first-order valence-electron chi connectivity index (χ1n) is 8.40. The molecule has 2 N–H and O–H groups in total. The molecule has 1 heterocycles. The van der Waals surface area contributed by atoms with Gasteiger partial charge in [-0.15, -0.1) is 0 Å². The Morgan fingerprint density at radius 1 is 0.714 bits per heavy atom. The van der Waals surface area contributed by atoms with Gasteiger partial charge in [0.25, 0.3) is 0 Å². The van der Waals surface area contributed by atoms with E-state index in [4.69, 9.17) is 23.2 Å². The fourth-order valence-corrected chi connectivity index (χ4v) is 2.94. The first kappa shape index (κ1) is 19.9. The molecule has 0 aliphatic heterocycles. The zero-order valence-electron chi connectivity index (χ0n) is 15.2. The summed E-state index contributed by atoms with van der Waals surface area (Å²) in [5, 5.41) is 20.7. The van der Waals surface area contributed by atoms with Gasteiger partial charge in [-0.25, -0.2) is 15.0 Å². The predicted molar refractivity (Wildman–Crippen MR) is 114 cm³/mol. The summed E-state index contributed by atoms with van der Waals surface area (Å²) in [6, 6.07) is 15.1. The minimum Gasteiger partial charge on any atom is -0.506 e. The van der Waals surface area contributed by atoms with Crippen LogP contribution in [-0.2, 0) is 0 Å². The highest BCUT2D eigenvalue weighted by atomic mass is 35.5. The van der Waals surface area contributed by atoms with E-state index in [9.17, 15) is 10.2 Å². The molecule has 2 aromatic carbocycles. The van der Waals surface area contributed by atoms with Gasteiger partial charge in [-0.2, -0.15) is 0 Å². The normalized spacial score (nSPS) is 12.3. The topological polar surface area (TPSA) is 78.1 Å². The van der Waals surface area contributed by atoms with Crippen molar-refractivity contribution in [3.05, 3.63) is 76.0 Å². The van der Waals surface area contributed by atoms with Crippen molar-refractivity contribution in [1.29, 1.82) is 0 Å². The van der Waals surface area contributed by atoms with Crippen molar-refractivity contribution in [1.82, 2.24) is 4.98 Å². The monoisotopic (exact) mass is 413 g/mol. The van der Waals surface area contributed by atoms with E-state index in [1.807, 2.05) is 6.07 Å². The van der Waals surface area contributed by atoms with Crippen molar-refractivity contribution in [3.8, 4) is 11.5 Å². The molecular formula is C21H17Cl2N3O2. The number of aliphatic imine (C=N–C) groups is 2. The Morgan fingerprint density at radius 2 is 1.11 bits per heavy atom. The molecular weight excluding hydrogens is 397 g/mol. The SMILES string of the molecule is C/C(=N\c1c(O)cccc1Cl)c1cccc(/C(C)=N/c2c(O)cccc2Cl)n1. The molecule has 7 heteroatoms. The molecule has 5 nitrogen and oxygen atoms in total. The van der Waals surface area contributed by atoms with Crippen LogP contribution in [0.3, 0.4) is 0 Å². The standard InChI is InChI=1S/C21H17Cl2N3O2/c1-12(24-20-14(22)6-3-10-18(20)27)16-8-5-9-17(26-16)13(2)25-21-15(23)7-4-11-19(21)28/h3-11,27-28H,1-2H3/b24-12+,25-13+. The maximum Gasteiger partial charge on any atom is 0.142 e. The first-order valence-corrected chi connectivity index (χ1v) is 9.15. The molecule has 0 amide bonds. The largest absolute Gasteiger partial charge is 0.506 e. The average molecular weight is 414 g/mol. The number of nitrogens with zero attached hydrogens (tertiary/aromatic N) is 3. The summed E-state index contributed by atoms with van der Waals surface area (Å²) in [7, 11) is 0. The summed E-state index contributed by atoms with van der Waals surface area (Å²) >= 11 is 12.2. The van der Waals surface area contributed by atoms with E-state index in [-0.39, 0.29) is 11.5 Å². The van der Waals surface area contributed by atoms with Crippen LogP contribution >= 0.6 is 23.2 Å². The van der Waals surface area contributed by atoms with Gasteiger partial charge in [-0.1, -0.05) is 41.4 Å². The summed E-state index contributed by atoms with van der Waals surface area (Å²) in [5.41, 5.74) is 2.96. The Balaban J connectivity index is 1.98. The van der Waals surface area contributed by atoms with Crippen molar-refractivity contribution >= 4 is 46.0 Å². The van der Waals surface area contributed by atoms with Gasteiger partial charge in [0.05, 0.1) is 32.9 Å². The molecule has 0 saturated heterocycles. The minimum absolute atomic E-state index is 0.00468. The van der Waals surface area contributed by atoms with Crippen LogP contribution < -0.4 is 0 Å². The Bertz CT molecular complexity index is 972. The molecule has 0 aliphatic carbocycles. The minimum atomic E-state index is -0.00468. The highest BCUT2D eigenvalue weighted by molar-refractivity contribution is 6.34. The second-order valence-electron chi connectivity index (χ2n) is 6.02. The van der Waals surface area contributed by atoms with Gasteiger partial charge >= 0.3 is 0 Å². The zero-order chi connectivity index (χ0) is 20.3. The van der Waals surface area contributed by atoms with Crippen molar-refractivity contribution in [2.24, 2.45) is 9.98 Å². The number of aromatic hydroxyl groups is 2. The molecule has 0 unspecified atom stereocenters. The number of rotatable bonds is 4. The molecule has 28 heavy (non-hydrogen) atoms. The molecule has 0 atom stereocenters. The van der Waals surface area contributed by atoms with Gasteiger partial charge in [-0.05, 0) is 50.2 Å². The highest BCUT2D eigenvalue weighted by Crippen LogP contribution is 2.35. The fourth-order valence-electron chi connectivity index (χ4n) is 2.52. The highest BCUT2D eigenvalue weighted by Gasteiger charge is 2.10. The predicted octanol–water partition coefficient (Wildman–Crippen LogP) is 6.08. The Kier molecular flexibility index (Phi) is 5.97. The maximum atomic E-state index is 9.98. The summed E-state index contributed by atoms with van der Waals surface area (Å²) < 4.78 is 0. The summed E-state index contributed by atoms with van der Waals surface area (Å²) in [4.78, 5) is 13.4. The second-order valence-corrected chi connectivity index (χ2v) is 6.83. The summed E-state index contributed by atoms with van der Waals surface area (Å²) in [6.07, 6.45) is 0. The molecule has 0 saturated carbocycles. The van der Waals surface area contributed by atoms with Gasteiger partial charge in [0.1, 0.15) is 22.9 Å². The molecule has 3 aromatic rings. The molecule has 0 spiro atoms. The van der Waals surface area contributed by atoms with Crippen LogP contribution in [0.15, 0.2) is 64.6 Å². The van der Waals surface area contributed by atoms with Crippen molar-refractivity contribution < 1.29 is 10.2 Å². The first-order chi connectivity index (χ1) is 13.4. The quantitative estimate of drug-likeness (QED) is 0.508. The smallest absolute Gasteiger partial charge is 0.142 e. The second kappa shape index (κ2) is 8.42. The number of phenols is 2. The zero-order valence-corrected chi connectivity index (χ0v) is 16.7. The van der Waals surface area contributed by atoms with Crippen LogP contribution in [0.5, 0.6) is 11.5 Å². The number of phenolic OH excluding ortho intramolecular Hbond substituents is 2. The van der Waals surface area contributed by atoms with E-state index in [1.54, 1.807) is 50.2 Å². The lowest BCUT2D eigenvalue weighted by Gasteiger charge is -2.07. The van der Waals surface area contributed by atoms with E-state index >= 15 is 0 Å².